The molecule has 3 heteroatoms. The number of hydrogen-bond acceptors (Lipinski definition) is 2. The van der Waals surface area contributed by atoms with Gasteiger partial charge in [-0.2, -0.15) is 0 Å². The number of hydrogen-bond donors (Lipinski definition) is 2. The average molecular weight is 241 g/mol. The van der Waals surface area contributed by atoms with E-state index in [0.29, 0.717) is 5.56 Å². The van der Waals surface area contributed by atoms with E-state index in [4.69, 9.17) is 5.11 Å². The van der Waals surface area contributed by atoms with Crippen molar-refractivity contribution >= 4 is 5.91 Å². The third-order valence-electron chi connectivity index (χ3n) is 2.65. The zero-order valence-corrected chi connectivity index (χ0v) is 9.97. The Balaban J connectivity index is 2.34. The molecule has 3 nitrogen and oxygen atoms in total. The molecule has 2 aromatic rings. The molecule has 0 atom stereocenters. The van der Waals surface area contributed by atoms with Gasteiger partial charge in [0.05, 0.1) is 6.61 Å². The van der Waals surface area contributed by atoms with Crippen molar-refractivity contribution in [2.45, 2.75) is 0 Å². The number of aliphatic hydroxyl groups excluding tert-OH is 1. The molecule has 0 spiro atoms. The van der Waals surface area contributed by atoms with Gasteiger partial charge in [0, 0.05) is 12.1 Å². The van der Waals surface area contributed by atoms with Crippen LogP contribution in [0.25, 0.3) is 11.1 Å². The fraction of sp³-hybridized carbons (Fsp3) is 0.133. The molecule has 0 bridgehead atoms. The van der Waals surface area contributed by atoms with Crippen LogP contribution in [0.2, 0.25) is 0 Å². The van der Waals surface area contributed by atoms with E-state index in [1.54, 1.807) is 6.07 Å². The van der Waals surface area contributed by atoms with Crippen LogP contribution in [0.4, 0.5) is 0 Å². The Morgan fingerprint density at radius 1 is 1.00 bits per heavy atom. The number of carbonyl (C=O) groups is 1. The lowest BCUT2D eigenvalue weighted by Gasteiger charge is -2.09. The largest absolute Gasteiger partial charge is 0.395 e. The summed E-state index contributed by atoms with van der Waals surface area (Å²) in [6.07, 6.45) is 0. The molecule has 0 aromatic heterocycles. The van der Waals surface area contributed by atoms with Crippen LogP contribution in [0.1, 0.15) is 10.4 Å². The van der Waals surface area contributed by atoms with Gasteiger partial charge >= 0.3 is 0 Å². The molecule has 0 aliphatic carbocycles. The first-order chi connectivity index (χ1) is 8.83. The maximum absolute atomic E-state index is 12.0. The summed E-state index contributed by atoms with van der Waals surface area (Å²) in [6.45, 7) is 0.210. The first-order valence-electron chi connectivity index (χ1n) is 5.86. The Bertz CT molecular complexity index is 523. The van der Waals surface area contributed by atoms with Crippen molar-refractivity contribution < 1.29 is 9.90 Å². The average Bonchev–Trinajstić information content (AvgIpc) is 2.45. The third-order valence-corrected chi connectivity index (χ3v) is 2.65. The fourth-order valence-corrected chi connectivity index (χ4v) is 1.82. The summed E-state index contributed by atoms with van der Waals surface area (Å²) in [5.74, 6) is -0.163. The molecule has 0 fully saturated rings. The molecule has 0 aliphatic rings. The van der Waals surface area contributed by atoms with E-state index >= 15 is 0 Å². The summed E-state index contributed by atoms with van der Waals surface area (Å²) >= 11 is 0. The predicted molar refractivity (Wildman–Crippen MR) is 71.3 cm³/mol. The van der Waals surface area contributed by atoms with E-state index in [2.05, 4.69) is 5.32 Å². The van der Waals surface area contributed by atoms with Crippen LogP contribution in [0.5, 0.6) is 0 Å². The van der Waals surface area contributed by atoms with E-state index < -0.39 is 0 Å². The zero-order chi connectivity index (χ0) is 12.8. The van der Waals surface area contributed by atoms with Gasteiger partial charge in [-0.25, -0.2) is 0 Å². The van der Waals surface area contributed by atoms with Crippen LogP contribution in [0.3, 0.4) is 0 Å². The highest BCUT2D eigenvalue weighted by Gasteiger charge is 2.10. The van der Waals surface area contributed by atoms with Gasteiger partial charge in [0.25, 0.3) is 5.91 Å². The highest BCUT2D eigenvalue weighted by atomic mass is 16.3. The molecule has 18 heavy (non-hydrogen) atoms. The SMILES string of the molecule is O=C(NCCO)c1ccccc1-c1ccccc1. The molecule has 2 N–H and O–H groups in total. The standard InChI is InChI=1S/C15H15NO2/c17-11-10-16-15(18)14-9-5-4-8-13(14)12-6-2-1-3-7-12/h1-9,17H,10-11H2,(H,16,18). The molecular weight excluding hydrogens is 226 g/mol. The molecule has 0 heterocycles. The lowest BCUT2D eigenvalue weighted by molar-refractivity contribution is 0.0945. The van der Waals surface area contributed by atoms with Gasteiger partial charge in [0.2, 0.25) is 0 Å². The Morgan fingerprint density at radius 2 is 1.67 bits per heavy atom. The molecule has 0 saturated heterocycles. The zero-order valence-electron chi connectivity index (χ0n) is 9.97. The van der Waals surface area contributed by atoms with Crippen molar-refractivity contribution in [3.63, 3.8) is 0 Å². The van der Waals surface area contributed by atoms with Crippen molar-refractivity contribution in [1.82, 2.24) is 5.32 Å². The molecule has 0 saturated carbocycles. The lowest BCUT2D eigenvalue weighted by atomic mass is 9.99. The van der Waals surface area contributed by atoms with Gasteiger partial charge in [-0.15, -0.1) is 0 Å². The van der Waals surface area contributed by atoms with E-state index in [9.17, 15) is 4.79 Å². The van der Waals surface area contributed by atoms with Gasteiger partial charge in [0.1, 0.15) is 0 Å². The van der Waals surface area contributed by atoms with Crippen molar-refractivity contribution in [1.29, 1.82) is 0 Å². The summed E-state index contributed by atoms with van der Waals surface area (Å²) < 4.78 is 0. The van der Waals surface area contributed by atoms with Crippen LogP contribution in [-0.4, -0.2) is 24.2 Å². The first-order valence-corrected chi connectivity index (χ1v) is 5.86. The summed E-state index contributed by atoms with van der Waals surface area (Å²) in [5.41, 5.74) is 2.53. The Labute approximate surface area is 106 Å². The van der Waals surface area contributed by atoms with Gasteiger partial charge in [-0.05, 0) is 17.2 Å². The summed E-state index contributed by atoms with van der Waals surface area (Å²) in [7, 11) is 0. The van der Waals surface area contributed by atoms with Gasteiger partial charge in [-0.3, -0.25) is 4.79 Å². The third kappa shape index (κ3) is 2.76. The second-order valence-corrected chi connectivity index (χ2v) is 3.89. The molecule has 92 valence electrons. The summed E-state index contributed by atoms with van der Waals surface area (Å²) in [6, 6.07) is 17.2. The van der Waals surface area contributed by atoms with Crippen molar-refractivity contribution in [2.24, 2.45) is 0 Å². The summed E-state index contributed by atoms with van der Waals surface area (Å²) in [5, 5.41) is 11.4. The number of carbonyl (C=O) groups excluding carboxylic acids is 1. The normalized spacial score (nSPS) is 10.1. The Hall–Kier alpha value is -2.13. The maximum atomic E-state index is 12.0. The van der Waals surface area contributed by atoms with Crippen LogP contribution in [-0.2, 0) is 0 Å². The second kappa shape index (κ2) is 5.98. The van der Waals surface area contributed by atoms with Gasteiger partial charge in [-0.1, -0.05) is 48.5 Å². The Kier molecular flexibility index (Phi) is 4.10. The predicted octanol–water partition coefficient (Wildman–Crippen LogP) is 2.08. The number of benzene rings is 2. The molecule has 2 rings (SSSR count). The topological polar surface area (TPSA) is 49.3 Å². The van der Waals surface area contributed by atoms with Crippen LogP contribution in [0.15, 0.2) is 54.6 Å². The minimum absolute atomic E-state index is 0.0563. The smallest absolute Gasteiger partial charge is 0.251 e. The van der Waals surface area contributed by atoms with Crippen LogP contribution >= 0.6 is 0 Å². The van der Waals surface area contributed by atoms with Gasteiger partial charge < -0.3 is 10.4 Å². The van der Waals surface area contributed by atoms with Crippen LogP contribution in [0, 0.1) is 0 Å². The number of amides is 1. The van der Waals surface area contributed by atoms with Crippen molar-refractivity contribution in [3.8, 4) is 11.1 Å². The van der Waals surface area contributed by atoms with E-state index in [0.717, 1.165) is 11.1 Å². The maximum Gasteiger partial charge on any atom is 0.251 e. The lowest BCUT2D eigenvalue weighted by Crippen LogP contribution is -2.26. The van der Waals surface area contributed by atoms with E-state index in [1.165, 1.54) is 0 Å². The number of aliphatic hydroxyl groups is 1. The molecule has 0 aliphatic heterocycles. The Morgan fingerprint density at radius 3 is 2.39 bits per heavy atom. The van der Waals surface area contributed by atoms with Crippen molar-refractivity contribution in [3.05, 3.63) is 60.2 Å². The van der Waals surface area contributed by atoms with E-state index in [-0.39, 0.29) is 19.1 Å². The van der Waals surface area contributed by atoms with Crippen LogP contribution < -0.4 is 5.32 Å². The highest BCUT2D eigenvalue weighted by Crippen LogP contribution is 2.23. The monoisotopic (exact) mass is 241 g/mol. The second-order valence-electron chi connectivity index (χ2n) is 3.89. The fourth-order valence-electron chi connectivity index (χ4n) is 1.82. The highest BCUT2D eigenvalue weighted by molar-refractivity contribution is 6.00. The van der Waals surface area contributed by atoms with Gasteiger partial charge in [0.15, 0.2) is 0 Å². The number of nitrogens with one attached hydrogen (secondary N) is 1. The number of rotatable bonds is 4. The summed E-state index contributed by atoms with van der Waals surface area (Å²) in [4.78, 5) is 12.0. The molecule has 0 unspecified atom stereocenters. The first kappa shape index (κ1) is 12.3. The van der Waals surface area contributed by atoms with E-state index in [1.807, 2.05) is 48.5 Å². The van der Waals surface area contributed by atoms with Crippen molar-refractivity contribution in [2.75, 3.05) is 13.2 Å². The molecule has 1 amide bonds. The molecule has 2 aromatic carbocycles. The minimum atomic E-state index is -0.163. The molecule has 0 radical (unpaired) electrons. The quantitative estimate of drug-likeness (QED) is 0.861. The molecular formula is C15H15NO2. The minimum Gasteiger partial charge on any atom is -0.395 e.